The third kappa shape index (κ3) is 5.36. The number of hydrogen-bond acceptors (Lipinski definition) is 3. The van der Waals surface area contributed by atoms with Crippen molar-refractivity contribution in [3.63, 3.8) is 0 Å². The molecule has 248 valence electrons. The highest BCUT2D eigenvalue weighted by Crippen LogP contribution is 2.40. The number of benzene rings is 8. The van der Waals surface area contributed by atoms with Crippen LogP contribution in [0.5, 0.6) is 0 Å². The Morgan fingerprint density at radius 1 is 0.264 bits per heavy atom. The number of aromatic nitrogens is 4. The lowest BCUT2D eigenvalue weighted by Gasteiger charge is -2.17. The Kier molecular flexibility index (Phi) is 7.43. The minimum atomic E-state index is 0.637. The zero-order valence-electron chi connectivity index (χ0n) is 28.8. The SMILES string of the molecule is c1ccc(-c2ccc(-c3nc(-c4ccccc4)nc(-c4ccc(-c5ccccc5-n5c6ccccc6c6ccccc65)c5ccccc45)n3)cc2)cc1. The highest BCUT2D eigenvalue weighted by molar-refractivity contribution is 6.11. The summed E-state index contributed by atoms with van der Waals surface area (Å²) in [5.41, 5.74) is 11.0. The fourth-order valence-corrected chi connectivity index (χ4v) is 7.59. The van der Waals surface area contributed by atoms with Gasteiger partial charge in [0.15, 0.2) is 17.5 Å². The fraction of sp³-hybridized carbons (Fsp3) is 0. The van der Waals surface area contributed by atoms with Gasteiger partial charge in [-0.05, 0) is 51.7 Å². The van der Waals surface area contributed by atoms with Gasteiger partial charge in [0.1, 0.15) is 0 Å². The topological polar surface area (TPSA) is 43.6 Å². The van der Waals surface area contributed by atoms with Crippen LogP contribution in [0.4, 0.5) is 0 Å². The Morgan fingerprint density at radius 2 is 0.679 bits per heavy atom. The molecule has 0 aliphatic carbocycles. The van der Waals surface area contributed by atoms with Crippen LogP contribution in [0.25, 0.3) is 94.7 Å². The molecular formula is C49H32N4. The molecule has 2 aromatic heterocycles. The monoisotopic (exact) mass is 676 g/mol. The van der Waals surface area contributed by atoms with Crippen LogP contribution in [0, 0.1) is 0 Å². The van der Waals surface area contributed by atoms with E-state index in [1.165, 1.54) is 27.4 Å². The first-order valence-corrected chi connectivity index (χ1v) is 17.9. The van der Waals surface area contributed by atoms with E-state index in [0.29, 0.717) is 17.5 Å². The van der Waals surface area contributed by atoms with Gasteiger partial charge in [-0.2, -0.15) is 0 Å². The molecule has 53 heavy (non-hydrogen) atoms. The number of para-hydroxylation sites is 3. The zero-order chi connectivity index (χ0) is 35.1. The first kappa shape index (κ1) is 30.6. The van der Waals surface area contributed by atoms with Crippen molar-refractivity contribution in [3.05, 3.63) is 194 Å². The Hall–Kier alpha value is -7.17. The highest BCUT2D eigenvalue weighted by atomic mass is 15.0. The predicted molar refractivity (Wildman–Crippen MR) is 219 cm³/mol. The smallest absolute Gasteiger partial charge is 0.164 e. The van der Waals surface area contributed by atoms with Crippen molar-refractivity contribution in [1.29, 1.82) is 0 Å². The summed E-state index contributed by atoms with van der Waals surface area (Å²) in [6, 6.07) is 68.1. The van der Waals surface area contributed by atoms with Crippen molar-refractivity contribution < 1.29 is 0 Å². The summed E-state index contributed by atoms with van der Waals surface area (Å²) in [5, 5.41) is 4.70. The Labute approximate surface area is 307 Å². The molecular weight excluding hydrogens is 645 g/mol. The molecule has 10 aromatic rings. The van der Waals surface area contributed by atoms with Gasteiger partial charge in [0.05, 0.1) is 16.7 Å². The summed E-state index contributed by atoms with van der Waals surface area (Å²) in [6.07, 6.45) is 0. The molecule has 0 atom stereocenters. The molecule has 0 unspecified atom stereocenters. The van der Waals surface area contributed by atoms with Crippen molar-refractivity contribution in [3.8, 4) is 62.1 Å². The van der Waals surface area contributed by atoms with Crippen LogP contribution >= 0.6 is 0 Å². The summed E-state index contributed by atoms with van der Waals surface area (Å²) in [7, 11) is 0. The van der Waals surface area contributed by atoms with E-state index >= 15 is 0 Å². The lowest BCUT2D eigenvalue weighted by atomic mass is 9.93. The van der Waals surface area contributed by atoms with Crippen molar-refractivity contribution in [1.82, 2.24) is 19.5 Å². The van der Waals surface area contributed by atoms with Gasteiger partial charge < -0.3 is 4.57 Å². The van der Waals surface area contributed by atoms with Gasteiger partial charge in [0.2, 0.25) is 0 Å². The average molecular weight is 677 g/mol. The minimum Gasteiger partial charge on any atom is -0.309 e. The molecule has 0 radical (unpaired) electrons. The molecule has 0 aliphatic rings. The van der Waals surface area contributed by atoms with E-state index in [2.05, 4.69) is 162 Å². The predicted octanol–water partition coefficient (Wildman–Crippen LogP) is 12.5. The molecule has 0 N–H and O–H groups in total. The van der Waals surface area contributed by atoms with E-state index in [0.717, 1.165) is 49.8 Å². The van der Waals surface area contributed by atoms with Crippen LogP contribution in [-0.4, -0.2) is 19.5 Å². The molecule has 0 saturated carbocycles. The lowest BCUT2D eigenvalue weighted by molar-refractivity contribution is 1.08. The molecule has 4 nitrogen and oxygen atoms in total. The van der Waals surface area contributed by atoms with Gasteiger partial charge in [-0.3, -0.25) is 0 Å². The highest BCUT2D eigenvalue weighted by Gasteiger charge is 2.19. The molecule has 0 bridgehead atoms. The summed E-state index contributed by atoms with van der Waals surface area (Å²) in [4.78, 5) is 15.3. The molecule has 0 amide bonds. The maximum Gasteiger partial charge on any atom is 0.164 e. The van der Waals surface area contributed by atoms with Crippen LogP contribution in [0.3, 0.4) is 0 Å². The third-order valence-electron chi connectivity index (χ3n) is 10.1. The third-order valence-corrected chi connectivity index (χ3v) is 10.1. The first-order chi connectivity index (χ1) is 26.3. The van der Waals surface area contributed by atoms with E-state index in [9.17, 15) is 0 Å². The lowest BCUT2D eigenvalue weighted by Crippen LogP contribution is -2.01. The molecule has 0 spiro atoms. The number of fused-ring (bicyclic) bond motifs is 4. The molecule has 2 heterocycles. The second-order valence-corrected chi connectivity index (χ2v) is 13.2. The van der Waals surface area contributed by atoms with Crippen LogP contribution < -0.4 is 0 Å². The van der Waals surface area contributed by atoms with Crippen LogP contribution in [0.2, 0.25) is 0 Å². The Balaban J connectivity index is 1.15. The molecule has 8 aromatic carbocycles. The summed E-state index contributed by atoms with van der Waals surface area (Å²) >= 11 is 0. The normalized spacial score (nSPS) is 11.4. The van der Waals surface area contributed by atoms with Crippen molar-refractivity contribution in [2.75, 3.05) is 0 Å². The number of hydrogen-bond donors (Lipinski definition) is 0. The maximum atomic E-state index is 5.15. The standard InChI is InChI=1S/C49H32N4/c1-3-15-33(16-4-1)34-27-29-36(30-28-34)48-50-47(35-17-5-2-6-18-35)51-49(52-48)43-32-31-39(37-19-7-8-20-38(37)43)40-21-9-12-24-44(40)53-45-25-13-10-22-41(45)42-23-11-14-26-46(42)53/h1-32H. The molecule has 0 fully saturated rings. The van der Waals surface area contributed by atoms with E-state index in [-0.39, 0.29) is 0 Å². The van der Waals surface area contributed by atoms with Gasteiger partial charge in [0.25, 0.3) is 0 Å². The van der Waals surface area contributed by atoms with Gasteiger partial charge >= 0.3 is 0 Å². The van der Waals surface area contributed by atoms with E-state index in [1.807, 2.05) is 36.4 Å². The fourth-order valence-electron chi connectivity index (χ4n) is 7.59. The molecule has 4 heteroatoms. The summed E-state index contributed by atoms with van der Waals surface area (Å²) in [5.74, 6) is 1.92. The first-order valence-electron chi connectivity index (χ1n) is 17.9. The average Bonchev–Trinajstić information content (AvgIpc) is 3.58. The van der Waals surface area contributed by atoms with E-state index in [4.69, 9.17) is 15.0 Å². The van der Waals surface area contributed by atoms with Gasteiger partial charge in [-0.25, -0.2) is 15.0 Å². The maximum absolute atomic E-state index is 5.15. The molecule has 10 rings (SSSR count). The Morgan fingerprint density at radius 3 is 1.32 bits per heavy atom. The number of rotatable bonds is 6. The number of nitrogens with zero attached hydrogens (tertiary/aromatic N) is 4. The molecule has 0 aliphatic heterocycles. The van der Waals surface area contributed by atoms with Gasteiger partial charge in [-0.15, -0.1) is 0 Å². The summed E-state index contributed by atoms with van der Waals surface area (Å²) in [6.45, 7) is 0. The quantitative estimate of drug-likeness (QED) is 0.176. The zero-order valence-corrected chi connectivity index (χ0v) is 28.8. The van der Waals surface area contributed by atoms with Crippen LogP contribution in [-0.2, 0) is 0 Å². The summed E-state index contributed by atoms with van der Waals surface area (Å²) < 4.78 is 2.40. The molecule has 0 saturated heterocycles. The van der Waals surface area contributed by atoms with Crippen molar-refractivity contribution >= 4 is 32.6 Å². The van der Waals surface area contributed by atoms with E-state index in [1.54, 1.807) is 0 Å². The van der Waals surface area contributed by atoms with Gasteiger partial charge in [0, 0.05) is 33.0 Å². The van der Waals surface area contributed by atoms with Crippen molar-refractivity contribution in [2.45, 2.75) is 0 Å². The van der Waals surface area contributed by atoms with Crippen molar-refractivity contribution in [2.24, 2.45) is 0 Å². The second-order valence-electron chi connectivity index (χ2n) is 13.2. The minimum absolute atomic E-state index is 0.637. The van der Waals surface area contributed by atoms with E-state index < -0.39 is 0 Å². The largest absolute Gasteiger partial charge is 0.309 e. The van der Waals surface area contributed by atoms with Gasteiger partial charge in [-0.1, -0.05) is 170 Å². The Bertz CT molecular complexity index is 2880. The second kappa shape index (κ2) is 12.9. The van der Waals surface area contributed by atoms with Crippen LogP contribution in [0.15, 0.2) is 194 Å². The van der Waals surface area contributed by atoms with Crippen LogP contribution in [0.1, 0.15) is 0 Å².